The number of nitrogens with one attached hydrogen (secondary N) is 1. The van der Waals surface area contributed by atoms with Gasteiger partial charge in [0.1, 0.15) is 5.54 Å². The van der Waals surface area contributed by atoms with Gasteiger partial charge in [0, 0.05) is 7.05 Å². The lowest BCUT2D eigenvalue weighted by Gasteiger charge is -2.20. The summed E-state index contributed by atoms with van der Waals surface area (Å²) in [6.07, 6.45) is 4.30. The van der Waals surface area contributed by atoms with Gasteiger partial charge in [-0.05, 0) is 35.2 Å². The van der Waals surface area contributed by atoms with Crippen LogP contribution in [-0.2, 0) is 24.8 Å². The topological polar surface area (TPSA) is 67.2 Å². The van der Waals surface area contributed by atoms with Crippen molar-refractivity contribution in [3.8, 4) is 0 Å². The predicted molar refractivity (Wildman–Crippen MR) is 80.6 cm³/mol. The van der Waals surface area contributed by atoms with Crippen LogP contribution in [0.5, 0.6) is 0 Å². The Balaban J connectivity index is 1.87. The van der Waals surface area contributed by atoms with Gasteiger partial charge < -0.3 is 5.32 Å². The Bertz CT molecular complexity index is 604. The summed E-state index contributed by atoms with van der Waals surface area (Å²) in [5.41, 5.74) is 1.15. The van der Waals surface area contributed by atoms with E-state index in [4.69, 9.17) is 0 Å². The summed E-state index contributed by atoms with van der Waals surface area (Å²) in [7, 11) is 1.84. The number of imide groups is 1. The highest BCUT2D eigenvalue weighted by Crippen LogP contribution is 2.36. The quantitative estimate of drug-likeness (QED) is 0.845. The molecule has 0 aromatic carbocycles. The molecule has 114 valence electrons. The normalized spacial score (nSPS) is 20.6. The molecule has 2 fully saturated rings. The SMILES string of the molecule is CCc1nn(C)c(CN2C(=O)NC3(CCCC3)C2=O)c1Br. The molecule has 1 spiro atoms. The third-order valence-electron chi connectivity index (χ3n) is 4.51. The van der Waals surface area contributed by atoms with Crippen LogP contribution < -0.4 is 5.32 Å². The fourth-order valence-electron chi connectivity index (χ4n) is 3.28. The number of nitrogens with zero attached hydrogens (tertiary/aromatic N) is 3. The number of urea groups is 1. The van der Waals surface area contributed by atoms with Gasteiger partial charge in [0.15, 0.2) is 0 Å². The van der Waals surface area contributed by atoms with E-state index in [9.17, 15) is 9.59 Å². The number of carbonyl (C=O) groups is 2. The zero-order valence-electron chi connectivity index (χ0n) is 12.3. The molecule has 3 amide bonds. The van der Waals surface area contributed by atoms with E-state index in [-0.39, 0.29) is 18.5 Å². The molecule has 1 N–H and O–H groups in total. The lowest BCUT2D eigenvalue weighted by atomic mass is 9.98. The largest absolute Gasteiger partial charge is 0.325 e. The first-order valence-electron chi connectivity index (χ1n) is 7.33. The van der Waals surface area contributed by atoms with E-state index < -0.39 is 5.54 Å². The zero-order chi connectivity index (χ0) is 15.2. The lowest BCUT2D eigenvalue weighted by Crippen LogP contribution is -2.44. The molecule has 0 unspecified atom stereocenters. The molecule has 0 radical (unpaired) electrons. The first kappa shape index (κ1) is 14.6. The molecule has 1 aliphatic carbocycles. The maximum atomic E-state index is 12.6. The molecule has 7 heteroatoms. The number of hydrogen-bond acceptors (Lipinski definition) is 3. The average Bonchev–Trinajstić information content (AvgIpc) is 3.08. The molecule has 1 saturated heterocycles. The molecule has 2 aliphatic rings. The molecule has 6 nitrogen and oxygen atoms in total. The highest BCUT2D eigenvalue weighted by Gasteiger charge is 2.52. The van der Waals surface area contributed by atoms with E-state index >= 15 is 0 Å². The van der Waals surface area contributed by atoms with Crippen molar-refractivity contribution in [3.05, 3.63) is 15.9 Å². The van der Waals surface area contributed by atoms with Crippen molar-refractivity contribution in [3.63, 3.8) is 0 Å². The molecule has 0 atom stereocenters. The van der Waals surface area contributed by atoms with Crippen molar-refractivity contribution in [1.82, 2.24) is 20.0 Å². The Morgan fingerprint density at radius 1 is 1.33 bits per heavy atom. The number of carbonyl (C=O) groups excluding carboxylic acids is 2. The number of aryl methyl sites for hydroxylation is 2. The summed E-state index contributed by atoms with van der Waals surface area (Å²) < 4.78 is 2.63. The van der Waals surface area contributed by atoms with E-state index in [0.717, 1.165) is 48.0 Å². The minimum absolute atomic E-state index is 0.0869. The molecule has 1 saturated carbocycles. The molecule has 0 bridgehead atoms. The van der Waals surface area contributed by atoms with Crippen LogP contribution in [0.15, 0.2) is 4.47 Å². The van der Waals surface area contributed by atoms with Gasteiger partial charge in [-0.2, -0.15) is 5.10 Å². The minimum atomic E-state index is -0.643. The molecule has 1 aliphatic heterocycles. The Labute approximate surface area is 132 Å². The monoisotopic (exact) mass is 354 g/mol. The predicted octanol–water partition coefficient (Wildman–Crippen LogP) is 2.11. The van der Waals surface area contributed by atoms with E-state index in [1.165, 1.54) is 4.90 Å². The van der Waals surface area contributed by atoms with Gasteiger partial charge in [-0.3, -0.25) is 14.4 Å². The molecule has 2 heterocycles. The standard InChI is InChI=1S/C14H19BrN4O2/c1-3-9-11(15)10(18(2)17-9)8-19-12(20)14(16-13(19)21)6-4-5-7-14/h3-8H2,1-2H3,(H,16,21). The third-order valence-corrected chi connectivity index (χ3v) is 5.43. The van der Waals surface area contributed by atoms with E-state index in [2.05, 4.69) is 26.3 Å². The van der Waals surface area contributed by atoms with Gasteiger partial charge in [0.25, 0.3) is 5.91 Å². The second-order valence-electron chi connectivity index (χ2n) is 5.80. The van der Waals surface area contributed by atoms with E-state index in [1.54, 1.807) is 4.68 Å². The Morgan fingerprint density at radius 3 is 2.57 bits per heavy atom. The highest BCUT2D eigenvalue weighted by atomic mass is 79.9. The summed E-state index contributed by atoms with van der Waals surface area (Å²) in [6.45, 7) is 2.29. The van der Waals surface area contributed by atoms with E-state index in [1.807, 2.05) is 14.0 Å². The van der Waals surface area contributed by atoms with Crippen LogP contribution in [-0.4, -0.2) is 32.2 Å². The second-order valence-corrected chi connectivity index (χ2v) is 6.59. The van der Waals surface area contributed by atoms with Gasteiger partial charge in [0.05, 0.1) is 22.4 Å². The Hall–Kier alpha value is -1.37. The van der Waals surface area contributed by atoms with Gasteiger partial charge in [-0.15, -0.1) is 0 Å². The van der Waals surface area contributed by atoms with Crippen molar-refractivity contribution in [2.24, 2.45) is 7.05 Å². The van der Waals surface area contributed by atoms with Crippen molar-refractivity contribution in [1.29, 1.82) is 0 Å². The maximum Gasteiger partial charge on any atom is 0.325 e. The van der Waals surface area contributed by atoms with Crippen molar-refractivity contribution >= 4 is 27.9 Å². The number of amides is 3. The molecule has 1 aromatic heterocycles. The fraction of sp³-hybridized carbons (Fsp3) is 0.643. The number of hydrogen-bond donors (Lipinski definition) is 1. The summed E-state index contributed by atoms with van der Waals surface area (Å²) in [6, 6.07) is -0.284. The van der Waals surface area contributed by atoms with Crippen molar-refractivity contribution in [2.45, 2.75) is 51.1 Å². The summed E-state index contributed by atoms with van der Waals surface area (Å²) in [4.78, 5) is 26.2. The first-order chi connectivity index (χ1) is 9.98. The molecular formula is C14H19BrN4O2. The van der Waals surface area contributed by atoms with Crippen LogP contribution in [0.2, 0.25) is 0 Å². The van der Waals surface area contributed by atoms with Crippen molar-refractivity contribution < 1.29 is 9.59 Å². The molecular weight excluding hydrogens is 336 g/mol. The van der Waals surface area contributed by atoms with Crippen LogP contribution >= 0.6 is 15.9 Å². The fourth-order valence-corrected chi connectivity index (χ4v) is 4.02. The first-order valence-corrected chi connectivity index (χ1v) is 8.12. The minimum Gasteiger partial charge on any atom is -0.323 e. The van der Waals surface area contributed by atoms with Crippen LogP contribution in [0, 0.1) is 0 Å². The Morgan fingerprint density at radius 2 is 2.00 bits per heavy atom. The number of aromatic nitrogens is 2. The highest BCUT2D eigenvalue weighted by molar-refractivity contribution is 9.10. The Kier molecular flexibility index (Phi) is 3.55. The van der Waals surface area contributed by atoms with Gasteiger partial charge >= 0.3 is 6.03 Å². The summed E-state index contributed by atoms with van der Waals surface area (Å²) in [5, 5.41) is 7.31. The second kappa shape index (κ2) is 5.12. The lowest BCUT2D eigenvalue weighted by molar-refractivity contribution is -0.131. The zero-order valence-corrected chi connectivity index (χ0v) is 13.9. The summed E-state index contributed by atoms with van der Waals surface area (Å²) in [5.74, 6) is -0.0869. The number of halogens is 1. The van der Waals surface area contributed by atoms with Crippen LogP contribution in [0.4, 0.5) is 4.79 Å². The van der Waals surface area contributed by atoms with Crippen molar-refractivity contribution in [2.75, 3.05) is 0 Å². The van der Waals surface area contributed by atoms with Crippen LogP contribution in [0.3, 0.4) is 0 Å². The van der Waals surface area contributed by atoms with Crippen LogP contribution in [0.25, 0.3) is 0 Å². The smallest absolute Gasteiger partial charge is 0.323 e. The van der Waals surface area contributed by atoms with Crippen LogP contribution in [0.1, 0.15) is 44.0 Å². The van der Waals surface area contributed by atoms with E-state index in [0.29, 0.717) is 0 Å². The summed E-state index contributed by atoms with van der Waals surface area (Å²) >= 11 is 3.53. The molecule has 3 rings (SSSR count). The maximum absolute atomic E-state index is 12.6. The number of rotatable bonds is 3. The third kappa shape index (κ3) is 2.18. The van der Waals surface area contributed by atoms with Gasteiger partial charge in [0.2, 0.25) is 0 Å². The molecule has 21 heavy (non-hydrogen) atoms. The molecule has 1 aromatic rings. The van der Waals surface area contributed by atoms with Gasteiger partial charge in [-0.25, -0.2) is 4.79 Å². The average molecular weight is 355 g/mol. The van der Waals surface area contributed by atoms with Gasteiger partial charge in [-0.1, -0.05) is 19.8 Å².